The maximum Gasteiger partial charge on any atom is 0.119 e. The lowest BCUT2D eigenvalue weighted by Gasteiger charge is -2.15. The van der Waals surface area contributed by atoms with Crippen molar-refractivity contribution in [3.63, 3.8) is 0 Å². The summed E-state index contributed by atoms with van der Waals surface area (Å²) in [6.45, 7) is 6.31. The van der Waals surface area contributed by atoms with Gasteiger partial charge in [-0.15, -0.1) is 0 Å². The Morgan fingerprint density at radius 2 is 1.75 bits per heavy atom. The van der Waals surface area contributed by atoms with E-state index in [4.69, 9.17) is 4.74 Å². The van der Waals surface area contributed by atoms with E-state index in [0.29, 0.717) is 6.04 Å². The van der Waals surface area contributed by atoms with E-state index < -0.39 is 0 Å². The molecule has 0 aliphatic heterocycles. The molecule has 2 nitrogen and oxygen atoms in total. The molecular weight excluding hydrogens is 198 g/mol. The average molecular weight is 219 g/mol. The summed E-state index contributed by atoms with van der Waals surface area (Å²) in [5.74, 6) is 0.956. The minimum Gasteiger partial charge on any atom is -0.491 e. The van der Waals surface area contributed by atoms with Gasteiger partial charge in [0.25, 0.3) is 0 Å². The standard InChI is InChI=1S/C14H21NO/c1-10(2)16-14-8-4-12(5-9-14)11(3)15-13-6-7-13/h4-5,8-11,13,15H,6-7H2,1-3H3. The number of nitrogens with one attached hydrogen (secondary N) is 1. The average Bonchev–Trinajstić information content (AvgIpc) is 3.01. The van der Waals surface area contributed by atoms with E-state index in [9.17, 15) is 0 Å². The van der Waals surface area contributed by atoms with E-state index in [0.717, 1.165) is 11.8 Å². The monoisotopic (exact) mass is 219 g/mol. The zero-order chi connectivity index (χ0) is 11.5. The maximum atomic E-state index is 5.62. The quantitative estimate of drug-likeness (QED) is 0.820. The van der Waals surface area contributed by atoms with E-state index in [1.54, 1.807) is 0 Å². The van der Waals surface area contributed by atoms with Gasteiger partial charge >= 0.3 is 0 Å². The molecular formula is C14H21NO. The molecule has 1 atom stereocenters. The van der Waals surface area contributed by atoms with Gasteiger partial charge in [0.1, 0.15) is 5.75 Å². The van der Waals surface area contributed by atoms with Crippen LogP contribution in [-0.2, 0) is 0 Å². The van der Waals surface area contributed by atoms with Crippen LogP contribution in [0.15, 0.2) is 24.3 Å². The summed E-state index contributed by atoms with van der Waals surface area (Å²) in [6, 6.07) is 9.61. The second kappa shape index (κ2) is 4.88. The van der Waals surface area contributed by atoms with Crippen LogP contribution in [0, 0.1) is 0 Å². The highest BCUT2D eigenvalue weighted by molar-refractivity contribution is 5.29. The van der Waals surface area contributed by atoms with Crippen molar-refractivity contribution in [1.82, 2.24) is 5.32 Å². The van der Waals surface area contributed by atoms with Gasteiger partial charge in [0.15, 0.2) is 0 Å². The molecule has 1 aliphatic carbocycles. The fourth-order valence-electron chi connectivity index (χ4n) is 1.81. The van der Waals surface area contributed by atoms with Crippen LogP contribution >= 0.6 is 0 Å². The normalized spacial score (nSPS) is 17.5. The zero-order valence-electron chi connectivity index (χ0n) is 10.4. The third kappa shape index (κ3) is 3.24. The SMILES string of the molecule is CC(C)Oc1ccc(C(C)NC2CC2)cc1. The van der Waals surface area contributed by atoms with E-state index in [-0.39, 0.29) is 6.10 Å². The summed E-state index contributed by atoms with van der Waals surface area (Å²) in [7, 11) is 0. The van der Waals surface area contributed by atoms with Gasteiger partial charge in [-0.05, 0) is 51.3 Å². The molecule has 1 aliphatic rings. The highest BCUT2D eigenvalue weighted by Crippen LogP contribution is 2.25. The first-order valence-corrected chi connectivity index (χ1v) is 6.18. The van der Waals surface area contributed by atoms with Crippen LogP contribution in [0.1, 0.15) is 45.2 Å². The Morgan fingerprint density at radius 1 is 1.12 bits per heavy atom. The Labute approximate surface area is 98.0 Å². The van der Waals surface area contributed by atoms with Crippen LogP contribution in [0.5, 0.6) is 5.75 Å². The Hall–Kier alpha value is -1.02. The van der Waals surface area contributed by atoms with Gasteiger partial charge in [-0.1, -0.05) is 12.1 Å². The molecule has 0 amide bonds. The van der Waals surface area contributed by atoms with Crippen molar-refractivity contribution in [3.8, 4) is 5.75 Å². The molecule has 0 aromatic heterocycles. The fraction of sp³-hybridized carbons (Fsp3) is 0.571. The van der Waals surface area contributed by atoms with E-state index in [1.165, 1.54) is 18.4 Å². The van der Waals surface area contributed by atoms with Crippen molar-refractivity contribution in [2.75, 3.05) is 0 Å². The topological polar surface area (TPSA) is 21.3 Å². The summed E-state index contributed by atoms with van der Waals surface area (Å²) in [5, 5.41) is 3.59. The van der Waals surface area contributed by atoms with Crippen molar-refractivity contribution in [2.45, 2.75) is 51.8 Å². The molecule has 2 rings (SSSR count). The summed E-state index contributed by atoms with van der Waals surface area (Å²) in [4.78, 5) is 0. The second-order valence-electron chi connectivity index (χ2n) is 4.90. The third-order valence-corrected chi connectivity index (χ3v) is 2.81. The van der Waals surface area contributed by atoms with E-state index in [1.807, 2.05) is 13.8 Å². The smallest absolute Gasteiger partial charge is 0.119 e. The molecule has 0 spiro atoms. The first-order chi connectivity index (χ1) is 7.65. The molecule has 0 heterocycles. The van der Waals surface area contributed by atoms with Crippen LogP contribution in [0.25, 0.3) is 0 Å². The molecule has 2 heteroatoms. The van der Waals surface area contributed by atoms with Gasteiger partial charge in [0.05, 0.1) is 6.10 Å². The van der Waals surface area contributed by atoms with Crippen LogP contribution in [0.3, 0.4) is 0 Å². The van der Waals surface area contributed by atoms with Gasteiger partial charge in [0, 0.05) is 12.1 Å². The molecule has 1 unspecified atom stereocenters. The van der Waals surface area contributed by atoms with E-state index >= 15 is 0 Å². The molecule has 0 radical (unpaired) electrons. The zero-order valence-corrected chi connectivity index (χ0v) is 10.4. The molecule has 1 fully saturated rings. The summed E-state index contributed by atoms with van der Waals surface area (Å²) >= 11 is 0. The van der Waals surface area contributed by atoms with Crippen LogP contribution in [0.4, 0.5) is 0 Å². The van der Waals surface area contributed by atoms with Crippen LogP contribution < -0.4 is 10.1 Å². The lowest BCUT2D eigenvalue weighted by molar-refractivity contribution is 0.242. The maximum absolute atomic E-state index is 5.62. The van der Waals surface area contributed by atoms with Crippen molar-refractivity contribution in [1.29, 1.82) is 0 Å². The van der Waals surface area contributed by atoms with Gasteiger partial charge in [-0.25, -0.2) is 0 Å². The highest BCUT2D eigenvalue weighted by atomic mass is 16.5. The van der Waals surface area contributed by atoms with Gasteiger partial charge < -0.3 is 10.1 Å². The molecule has 0 bridgehead atoms. The fourth-order valence-corrected chi connectivity index (χ4v) is 1.81. The van der Waals surface area contributed by atoms with Gasteiger partial charge in [-0.2, -0.15) is 0 Å². The second-order valence-corrected chi connectivity index (χ2v) is 4.90. The predicted octanol–water partition coefficient (Wildman–Crippen LogP) is 3.29. The van der Waals surface area contributed by atoms with Crippen molar-refractivity contribution >= 4 is 0 Å². The highest BCUT2D eigenvalue weighted by Gasteiger charge is 2.23. The lowest BCUT2D eigenvalue weighted by atomic mass is 10.1. The minimum absolute atomic E-state index is 0.243. The first-order valence-electron chi connectivity index (χ1n) is 6.18. The third-order valence-electron chi connectivity index (χ3n) is 2.81. The minimum atomic E-state index is 0.243. The van der Waals surface area contributed by atoms with Crippen molar-refractivity contribution < 1.29 is 4.74 Å². The number of benzene rings is 1. The van der Waals surface area contributed by atoms with Crippen LogP contribution in [0.2, 0.25) is 0 Å². The molecule has 1 aromatic carbocycles. The number of hydrogen-bond donors (Lipinski definition) is 1. The summed E-state index contributed by atoms with van der Waals surface area (Å²) < 4.78 is 5.62. The number of hydrogen-bond acceptors (Lipinski definition) is 2. The Balaban J connectivity index is 1.94. The molecule has 88 valence electrons. The van der Waals surface area contributed by atoms with Crippen molar-refractivity contribution in [3.05, 3.63) is 29.8 Å². The van der Waals surface area contributed by atoms with E-state index in [2.05, 4.69) is 36.5 Å². The Morgan fingerprint density at radius 3 is 2.25 bits per heavy atom. The molecule has 1 aromatic rings. The van der Waals surface area contributed by atoms with Gasteiger partial charge in [-0.3, -0.25) is 0 Å². The Bertz CT molecular complexity index is 327. The summed E-state index contributed by atoms with van der Waals surface area (Å²) in [5.41, 5.74) is 1.34. The predicted molar refractivity (Wildman–Crippen MR) is 66.8 cm³/mol. The number of ether oxygens (including phenoxy) is 1. The number of rotatable bonds is 5. The molecule has 1 N–H and O–H groups in total. The molecule has 1 saturated carbocycles. The molecule has 16 heavy (non-hydrogen) atoms. The van der Waals surface area contributed by atoms with Crippen LogP contribution in [-0.4, -0.2) is 12.1 Å². The van der Waals surface area contributed by atoms with Crippen molar-refractivity contribution in [2.24, 2.45) is 0 Å². The summed E-state index contributed by atoms with van der Waals surface area (Å²) in [6.07, 6.45) is 2.91. The molecule has 0 saturated heterocycles. The largest absolute Gasteiger partial charge is 0.491 e. The Kier molecular flexibility index (Phi) is 3.49. The first kappa shape index (κ1) is 11.5. The van der Waals surface area contributed by atoms with Gasteiger partial charge in [0.2, 0.25) is 0 Å². The lowest BCUT2D eigenvalue weighted by Crippen LogP contribution is -2.20.